The van der Waals surface area contributed by atoms with Crippen molar-refractivity contribution in [2.45, 2.75) is 24.9 Å². The van der Waals surface area contributed by atoms with E-state index in [9.17, 15) is 23.2 Å². The number of ether oxygens (including phenoxy) is 2. The van der Waals surface area contributed by atoms with Crippen molar-refractivity contribution < 1.29 is 32.6 Å². The Hall–Kier alpha value is -3.29. The van der Waals surface area contributed by atoms with Crippen molar-refractivity contribution in [3.63, 3.8) is 0 Å². The number of amides is 2. The van der Waals surface area contributed by atoms with E-state index < -0.39 is 36.4 Å². The third-order valence-corrected chi connectivity index (χ3v) is 4.40. The second kappa shape index (κ2) is 8.16. The fourth-order valence-corrected chi connectivity index (χ4v) is 2.78. The standard InChI is InChI=1S/C20H17F2NO5/c21-19(22)28-15-8-6-13(7-9-15)17(25)23-16(24)12-27-18(26)20(10-11-20)14-4-2-1-3-5-14/h1-9,19H,10-12H2,(H,23,24,25). The second-order valence-corrected chi connectivity index (χ2v) is 6.30. The molecular formula is C20H17F2NO5. The molecule has 1 aliphatic carbocycles. The van der Waals surface area contributed by atoms with Crippen LogP contribution >= 0.6 is 0 Å². The van der Waals surface area contributed by atoms with E-state index in [-0.39, 0.29) is 11.3 Å². The maximum atomic E-state index is 12.4. The molecule has 0 atom stereocenters. The van der Waals surface area contributed by atoms with Crippen molar-refractivity contribution in [1.29, 1.82) is 0 Å². The molecule has 6 nitrogen and oxygen atoms in total. The van der Waals surface area contributed by atoms with Crippen LogP contribution in [0.1, 0.15) is 28.8 Å². The van der Waals surface area contributed by atoms with Gasteiger partial charge in [-0.3, -0.25) is 19.7 Å². The molecule has 1 saturated carbocycles. The first kappa shape index (κ1) is 19.5. The molecule has 2 aromatic rings. The van der Waals surface area contributed by atoms with Gasteiger partial charge in [-0.1, -0.05) is 30.3 Å². The van der Waals surface area contributed by atoms with Crippen molar-refractivity contribution >= 4 is 17.8 Å². The Bertz CT molecular complexity index is 864. The summed E-state index contributed by atoms with van der Waals surface area (Å²) < 4.78 is 33.5. The van der Waals surface area contributed by atoms with E-state index >= 15 is 0 Å². The van der Waals surface area contributed by atoms with E-state index in [2.05, 4.69) is 10.1 Å². The van der Waals surface area contributed by atoms with Crippen molar-refractivity contribution in [3.05, 3.63) is 65.7 Å². The van der Waals surface area contributed by atoms with Gasteiger partial charge in [0.2, 0.25) is 0 Å². The summed E-state index contributed by atoms with van der Waals surface area (Å²) >= 11 is 0. The Morgan fingerprint density at radius 2 is 1.64 bits per heavy atom. The fourth-order valence-electron chi connectivity index (χ4n) is 2.78. The summed E-state index contributed by atoms with van der Waals surface area (Å²) in [4.78, 5) is 36.2. The third kappa shape index (κ3) is 4.51. The molecule has 0 unspecified atom stereocenters. The first-order valence-corrected chi connectivity index (χ1v) is 8.52. The molecule has 1 fully saturated rings. The van der Waals surface area contributed by atoms with Crippen molar-refractivity contribution in [2.75, 3.05) is 6.61 Å². The van der Waals surface area contributed by atoms with Gasteiger partial charge < -0.3 is 9.47 Å². The molecule has 8 heteroatoms. The van der Waals surface area contributed by atoms with Crippen LogP contribution in [0.25, 0.3) is 0 Å². The molecule has 28 heavy (non-hydrogen) atoms. The Kier molecular flexibility index (Phi) is 5.67. The Balaban J connectivity index is 1.50. The van der Waals surface area contributed by atoms with Crippen molar-refractivity contribution in [3.8, 4) is 5.75 Å². The van der Waals surface area contributed by atoms with Crippen LogP contribution in [0, 0.1) is 0 Å². The number of hydrogen-bond acceptors (Lipinski definition) is 5. The smallest absolute Gasteiger partial charge is 0.387 e. The number of halogens is 2. The minimum atomic E-state index is -2.97. The number of hydrogen-bond donors (Lipinski definition) is 1. The van der Waals surface area contributed by atoms with Gasteiger partial charge in [-0.25, -0.2) is 0 Å². The SMILES string of the molecule is O=C(COC(=O)C1(c2ccccc2)CC1)NC(=O)c1ccc(OC(F)F)cc1. The van der Waals surface area contributed by atoms with Crippen LogP contribution in [0.15, 0.2) is 54.6 Å². The fraction of sp³-hybridized carbons (Fsp3) is 0.250. The van der Waals surface area contributed by atoms with E-state index in [4.69, 9.17) is 4.74 Å². The average Bonchev–Trinajstić information content (AvgIpc) is 3.49. The Labute approximate surface area is 159 Å². The normalized spacial score (nSPS) is 14.2. The molecular weight excluding hydrogens is 372 g/mol. The highest BCUT2D eigenvalue weighted by Crippen LogP contribution is 2.49. The number of benzene rings is 2. The van der Waals surface area contributed by atoms with Gasteiger partial charge in [0, 0.05) is 5.56 Å². The summed E-state index contributed by atoms with van der Waals surface area (Å²) in [6.45, 7) is -3.56. The van der Waals surface area contributed by atoms with Crippen LogP contribution in [0.3, 0.4) is 0 Å². The number of carbonyl (C=O) groups is 3. The highest BCUT2D eigenvalue weighted by atomic mass is 19.3. The van der Waals surface area contributed by atoms with E-state index in [1.807, 2.05) is 30.3 Å². The highest BCUT2D eigenvalue weighted by molar-refractivity contribution is 6.05. The number of rotatable bonds is 7. The van der Waals surface area contributed by atoms with Crippen LogP contribution in [-0.2, 0) is 19.7 Å². The van der Waals surface area contributed by atoms with Crippen molar-refractivity contribution in [1.82, 2.24) is 5.32 Å². The molecule has 2 amide bonds. The molecule has 1 aliphatic rings. The predicted octanol–water partition coefficient (Wildman–Crippen LogP) is 2.82. The lowest BCUT2D eigenvalue weighted by Gasteiger charge is -2.14. The maximum Gasteiger partial charge on any atom is 0.387 e. The lowest BCUT2D eigenvalue weighted by atomic mass is 9.96. The Morgan fingerprint density at radius 1 is 1.00 bits per heavy atom. The minimum Gasteiger partial charge on any atom is -0.455 e. The largest absolute Gasteiger partial charge is 0.455 e. The maximum absolute atomic E-state index is 12.4. The quantitative estimate of drug-likeness (QED) is 0.737. The summed E-state index contributed by atoms with van der Waals surface area (Å²) in [5, 5.41) is 2.08. The molecule has 146 valence electrons. The van der Waals surface area contributed by atoms with Gasteiger partial charge in [0.05, 0.1) is 5.41 Å². The number of nitrogens with one attached hydrogen (secondary N) is 1. The van der Waals surface area contributed by atoms with E-state index in [0.29, 0.717) is 12.8 Å². The predicted molar refractivity (Wildman–Crippen MR) is 93.9 cm³/mol. The van der Waals surface area contributed by atoms with Crippen molar-refractivity contribution in [2.24, 2.45) is 0 Å². The molecule has 0 aromatic heterocycles. The minimum absolute atomic E-state index is 0.0734. The van der Waals surface area contributed by atoms with Crippen LogP contribution in [0.5, 0.6) is 5.75 Å². The number of imide groups is 1. The number of carbonyl (C=O) groups excluding carboxylic acids is 3. The zero-order chi connectivity index (χ0) is 20.1. The van der Waals surface area contributed by atoms with Gasteiger partial charge in [0.1, 0.15) is 5.75 Å². The Morgan fingerprint density at radius 3 is 2.21 bits per heavy atom. The molecule has 0 heterocycles. The zero-order valence-corrected chi connectivity index (χ0v) is 14.7. The molecule has 2 aromatic carbocycles. The lowest BCUT2D eigenvalue weighted by molar-refractivity contribution is -0.150. The zero-order valence-electron chi connectivity index (χ0n) is 14.7. The van der Waals surface area contributed by atoms with Gasteiger partial charge in [0.25, 0.3) is 11.8 Å². The van der Waals surface area contributed by atoms with E-state index in [1.165, 1.54) is 24.3 Å². The summed E-state index contributed by atoms with van der Waals surface area (Å²) in [5.74, 6) is -2.14. The molecule has 0 radical (unpaired) electrons. The molecule has 1 N–H and O–H groups in total. The topological polar surface area (TPSA) is 81.7 Å². The molecule has 0 spiro atoms. The van der Waals surface area contributed by atoms with Gasteiger partial charge in [0.15, 0.2) is 6.61 Å². The number of esters is 1. The molecule has 0 saturated heterocycles. The first-order chi connectivity index (χ1) is 13.4. The first-order valence-electron chi connectivity index (χ1n) is 8.52. The van der Waals surface area contributed by atoms with Gasteiger partial charge in [-0.15, -0.1) is 0 Å². The average molecular weight is 389 g/mol. The molecule has 0 bridgehead atoms. The van der Waals surface area contributed by atoms with Crippen LogP contribution in [0.2, 0.25) is 0 Å². The monoisotopic (exact) mass is 389 g/mol. The number of alkyl halides is 2. The van der Waals surface area contributed by atoms with Crippen LogP contribution in [-0.4, -0.2) is 31.0 Å². The molecule has 3 rings (SSSR count). The van der Waals surface area contributed by atoms with Gasteiger partial charge in [-0.05, 0) is 42.7 Å². The summed E-state index contributed by atoms with van der Waals surface area (Å²) in [5.41, 5.74) is 0.193. The highest BCUT2D eigenvalue weighted by Gasteiger charge is 2.52. The van der Waals surface area contributed by atoms with Gasteiger partial charge in [-0.2, -0.15) is 8.78 Å². The van der Waals surface area contributed by atoms with E-state index in [0.717, 1.165) is 5.56 Å². The summed E-state index contributed by atoms with van der Waals surface area (Å²) in [6.07, 6.45) is 1.28. The van der Waals surface area contributed by atoms with Crippen LogP contribution < -0.4 is 10.1 Å². The van der Waals surface area contributed by atoms with E-state index in [1.54, 1.807) is 0 Å². The third-order valence-electron chi connectivity index (χ3n) is 4.40. The molecule has 0 aliphatic heterocycles. The summed E-state index contributed by atoms with van der Waals surface area (Å²) in [7, 11) is 0. The second-order valence-electron chi connectivity index (χ2n) is 6.30. The lowest BCUT2D eigenvalue weighted by Crippen LogP contribution is -2.35. The summed E-state index contributed by atoms with van der Waals surface area (Å²) in [6, 6.07) is 14.0. The van der Waals surface area contributed by atoms with Crippen LogP contribution in [0.4, 0.5) is 8.78 Å². The van der Waals surface area contributed by atoms with Gasteiger partial charge >= 0.3 is 12.6 Å².